The number of amides is 1. The van der Waals surface area contributed by atoms with Crippen LogP contribution in [0.4, 0.5) is 0 Å². The molecule has 5 nitrogen and oxygen atoms in total. The number of nitrogens with one attached hydrogen (secondary N) is 1. The van der Waals surface area contributed by atoms with Gasteiger partial charge in [0, 0.05) is 25.7 Å². The number of rotatable bonds is 8. The number of nitrogens with two attached hydrogens (primary N) is 1. The molecule has 0 saturated carbocycles. The van der Waals surface area contributed by atoms with Gasteiger partial charge in [-0.05, 0) is 26.3 Å². The summed E-state index contributed by atoms with van der Waals surface area (Å²) in [5.41, 5.74) is 5.09. The second-order valence-corrected chi connectivity index (χ2v) is 4.24. The van der Waals surface area contributed by atoms with Crippen molar-refractivity contribution in [3.05, 3.63) is 0 Å². The monoisotopic (exact) mass is 230 g/mol. The van der Waals surface area contributed by atoms with Crippen LogP contribution in [0.2, 0.25) is 0 Å². The van der Waals surface area contributed by atoms with Crippen LogP contribution in [0.25, 0.3) is 0 Å². The van der Waals surface area contributed by atoms with E-state index in [1.807, 2.05) is 6.92 Å². The van der Waals surface area contributed by atoms with Gasteiger partial charge in [0.1, 0.15) is 0 Å². The fourth-order valence-electron chi connectivity index (χ4n) is 1.69. The minimum Gasteiger partial charge on any atom is -0.379 e. The third-order valence-corrected chi connectivity index (χ3v) is 2.56. The Balaban J connectivity index is 1.89. The molecule has 1 amide bonds. The Morgan fingerprint density at radius 2 is 2.50 bits per heavy atom. The summed E-state index contributed by atoms with van der Waals surface area (Å²) in [6.07, 6.45) is 2.62. The highest BCUT2D eigenvalue weighted by atomic mass is 16.5. The number of ether oxygens (including phenoxy) is 2. The van der Waals surface area contributed by atoms with Gasteiger partial charge in [-0.2, -0.15) is 0 Å². The fourth-order valence-corrected chi connectivity index (χ4v) is 1.69. The van der Waals surface area contributed by atoms with Crippen LogP contribution < -0.4 is 11.1 Å². The molecule has 0 radical (unpaired) electrons. The lowest BCUT2D eigenvalue weighted by Crippen LogP contribution is -2.32. The number of carbonyl (C=O) groups excluding carboxylic acids is 1. The van der Waals surface area contributed by atoms with E-state index in [0.29, 0.717) is 6.42 Å². The predicted molar refractivity (Wildman–Crippen MR) is 61.1 cm³/mol. The molecule has 1 saturated heterocycles. The van der Waals surface area contributed by atoms with E-state index in [-0.39, 0.29) is 18.1 Å². The van der Waals surface area contributed by atoms with Crippen molar-refractivity contribution in [3.8, 4) is 0 Å². The summed E-state index contributed by atoms with van der Waals surface area (Å²) in [4.78, 5) is 10.6. The highest BCUT2D eigenvalue weighted by Crippen LogP contribution is 2.07. The van der Waals surface area contributed by atoms with Crippen molar-refractivity contribution in [3.63, 3.8) is 0 Å². The van der Waals surface area contributed by atoms with Crippen LogP contribution in [0, 0.1) is 0 Å². The quantitative estimate of drug-likeness (QED) is 0.577. The molecule has 1 rings (SSSR count). The normalized spacial score (nSPS) is 22.2. The van der Waals surface area contributed by atoms with Crippen molar-refractivity contribution in [1.29, 1.82) is 0 Å². The molecule has 3 N–H and O–H groups in total. The minimum atomic E-state index is -0.264. The predicted octanol–water partition coefficient (Wildman–Crippen LogP) is 0.0355. The number of hydrogen-bond acceptors (Lipinski definition) is 4. The summed E-state index contributed by atoms with van der Waals surface area (Å²) in [5, 5.41) is 3.23. The Kier molecular flexibility index (Phi) is 6.37. The minimum absolute atomic E-state index is 0.146. The van der Waals surface area contributed by atoms with E-state index in [1.54, 1.807) is 0 Å². The summed E-state index contributed by atoms with van der Waals surface area (Å²) in [6.45, 7) is 5.09. The van der Waals surface area contributed by atoms with E-state index >= 15 is 0 Å². The van der Waals surface area contributed by atoms with Gasteiger partial charge in [0.05, 0.1) is 12.7 Å². The molecule has 0 spiro atoms. The van der Waals surface area contributed by atoms with Gasteiger partial charge >= 0.3 is 0 Å². The molecule has 1 heterocycles. The molecule has 94 valence electrons. The van der Waals surface area contributed by atoms with E-state index in [0.717, 1.165) is 39.2 Å². The van der Waals surface area contributed by atoms with E-state index in [2.05, 4.69) is 5.32 Å². The van der Waals surface area contributed by atoms with E-state index < -0.39 is 0 Å². The summed E-state index contributed by atoms with van der Waals surface area (Å²) in [5.74, 6) is -0.264. The fraction of sp³-hybridized carbons (Fsp3) is 0.909. The Hall–Kier alpha value is -0.650. The molecule has 16 heavy (non-hydrogen) atoms. The van der Waals surface area contributed by atoms with Crippen molar-refractivity contribution in [2.24, 2.45) is 5.73 Å². The van der Waals surface area contributed by atoms with Crippen LogP contribution in [0.15, 0.2) is 0 Å². The zero-order valence-electron chi connectivity index (χ0n) is 9.91. The topological polar surface area (TPSA) is 73.6 Å². The first-order valence-electron chi connectivity index (χ1n) is 5.89. The van der Waals surface area contributed by atoms with E-state index in [1.165, 1.54) is 0 Å². The Morgan fingerprint density at radius 3 is 3.12 bits per heavy atom. The summed E-state index contributed by atoms with van der Waals surface area (Å²) >= 11 is 0. The lowest BCUT2D eigenvalue weighted by molar-refractivity contribution is -0.118. The van der Waals surface area contributed by atoms with Crippen LogP contribution in [0.1, 0.15) is 26.2 Å². The Bertz CT molecular complexity index is 205. The van der Waals surface area contributed by atoms with Crippen LogP contribution in [-0.2, 0) is 14.3 Å². The molecule has 0 aromatic rings. The Morgan fingerprint density at radius 1 is 1.69 bits per heavy atom. The highest BCUT2D eigenvalue weighted by molar-refractivity contribution is 5.74. The third kappa shape index (κ3) is 6.05. The first kappa shape index (κ1) is 13.4. The lowest BCUT2D eigenvalue weighted by Gasteiger charge is -2.13. The van der Waals surface area contributed by atoms with Gasteiger partial charge in [0.25, 0.3) is 0 Å². The molecule has 1 aliphatic rings. The Labute approximate surface area is 96.7 Å². The van der Waals surface area contributed by atoms with Gasteiger partial charge in [0.2, 0.25) is 5.91 Å². The molecule has 1 fully saturated rings. The average Bonchev–Trinajstić information content (AvgIpc) is 2.68. The summed E-state index contributed by atoms with van der Waals surface area (Å²) < 4.78 is 10.8. The largest absolute Gasteiger partial charge is 0.379 e. The zero-order valence-corrected chi connectivity index (χ0v) is 9.91. The van der Waals surface area contributed by atoms with Crippen LogP contribution >= 0.6 is 0 Å². The molecule has 2 unspecified atom stereocenters. The number of carbonyl (C=O) groups is 1. The molecule has 5 heteroatoms. The van der Waals surface area contributed by atoms with Gasteiger partial charge in [-0.25, -0.2) is 0 Å². The van der Waals surface area contributed by atoms with Gasteiger partial charge in [-0.3, -0.25) is 4.79 Å². The second kappa shape index (κ2) is 7.60. The molecular formula is C11H22N2O3. The van der Waals surface area contributed by atoms with Crippen molar-refractivity contribution in [2.45, 2.75) is 38.3 Å². The van der Waals surface area contributed by atoms with E-state index in [9.17, 15) is 4.79 Å². The van der Waals surface area contributed by atoms with Crippen molar-refractivity contribution in [1.82, 2.24) is 5.32 Å². The first-order chi connectivity index (χ1) is 7.68. The summed E-state index contributed by atoms with van der Waals surface area (Å²) in [7, 11) is 0. The van der Waals surface area contributed by atoms with Crippen LogP contribution in [0.3, 0.4) is 0 Å². The third-order valence-electron chi connectivity index (χ3n) is 2.56. The summed E-state index contributed by atoms with van der Waals surface area (Å²) in [6, 6.07) is 0.146. The van der Waals surface area contributed by atoms with Gasteiger partial charge < -0.3 is 20.5 Å². The maximum Gasteiger partial charge on any atom is 0.218 e. The molecule has 0 aliphatic carbocycles. The van der Waals surface area contributed by atoms with Gasteiger partial charge in [-0.1, -0.05) is 0 Å². The zero-order chi connectivity index (χ0) is 11.8. The lowest BCUT2D eigenvalue weighted by atomic mass is 10.2. The van der Waals surface area contributed by atoms with Gasteiger partial charge in [-0.15, -0.1) is 0 Å². The van der Waals surface area contributed by atoms with Crippen LogP contribution in [0.5, 0.6) is 0 Å². The highest BCUT2D eigenvalue weighted by Gasteiger charge is 2.15. The SMILES string of the molecule is CC(CC(N)=O)NCCCOC1CCOC1. The van der Waals surface area contributed by atoms with Crippen LogP contribution in [-0.4, -0.2) is 44.4 Å². The smallest absolute Gasteiger partial charge is 0.218 e. The molecular weight excluding hydrogens is 208 g/mol. The standard InChI is InChI=1S/C11H22N2O3/c1-9(7-11(12)14)13-4-2-5-16-10-3-6-15-8-10/h9-10,13H,2-8H2,1H3,(H2,12,14). The van der Waals surface area contributed by atoms with Crippen molar-refractivity contribution < 1.29 is 14.3 Å². The molecule has 2 atom stereocenters. The van der Waals surface area contributed by atoms with E-state index in [4.69, 9.17) is 15.2 Å². The van der Waals surface area contributed by atoms with Crippen molar-refractivity contribution in [2.75, 3.05) is 26.4 Å². The maximum atomic E-state index is 10.6. The van der Waals surface area contributed by atoms with Gasteiger partial charge in [0.15, 0.2) is 0 Å². The average molecular weight is 230 g/mol. The molecule has 0 aromatic carbocycles. The second-order valence-electron chi connectivity index (χ2n) is 4.24. The first-order valence-corrected chi connectivity index (χ1v) is 5.89. The number of hydrogen-bond donors (Lipinski definition) is 2. The molecule has 0 aromatic heterocycles. The maximum absolute atomic E-state index is 10.6. The molecule has 1 aliphatic heterocycles. The molecule has 0 bridgehead atoms. The number of primary amides is 1. The van der Waals surface area contributed by atoms with Crippen molar-refractivity contribution >= 4 is 5.91 Å².